The summed E-state index contributed by atoms with van der Waals surface area (Å²) in [6.07, 6.45) is 0. The summed E-state index contributed by atoms with van der Waals surface area (Å²) in [4.78, 5) is 10.0. The van der Waals surface area contributed by atoms with E-state index >= 15 is 0 Å². The second kappa shape index (κ2) is 4.74. The molecule has 1 aromatic carbocycles. The highest BCUT2D eigenvalue weighted by molar-refractivity contribution is 7.62. The molecule has 0 aliphatic rings. The molecule has 0 aliphatic heterocycles. The minimum Gasteiger partial charge on any atom is -0.309 e. The number of hydrogen-bond acceptors (Lipinski definition) is 5. The molecule has 0 atom stereocenters. The third-order valence-electron chi connectivity index (χ3n) is 2.18. The lowest BCUT2D eigenvalue weighted by Crippen LogP contribution is -2.12. The van der Waals surface area contributed by atoms with Crippen LogP contribution in [0.1, 0.15) is 5.56 Å². The molecule has 0 saturated carbocycles. The number of aryl methyl sites for hydroxylation is 1. The van der Waals surface area contributed by atoms with E-state index in [0.717, 1.165) is 0 Å². The number of nitro groups is 1. The van der Waals surface area contributed by atoms with E-state index in [-0.39, 0.29) is 11.0 Å². The van der Waals surface area contributed by atoms with E-state index < -0.39 is 12.5 Å². The van der Waals surface area contributed by atoms with Gasteiger partial charge < -0.3 is 9.05 Å². The highest BCUT2D eigenvalue weighted by atomic mass is 31.2. The fourth-order valence-corrected chi connectivity index (χ4v) is 2.62. The minimum atomic E-state index is -3.44. The second-order valence-corrected chi connectivity index (χ2v) is 5.30. The summed E-state index contributed by atoms with van der Waals surface area (Å²) < 4.78 is 21.7. The molecule has 6 nitrogen and oxygen atoms in total. The first-order valence-electron chi connectivity index (χ1n) is 4.41. The van der Waals surface area contributed by atoms with E-state index in [1.54, 1.807) is 6.92 Å². The van der Waals surface area contributed by atoms with Crippen molar-refractivity contribution in [2.24, 2.45) is 0 Å². The molecular weight excluding hydrogens is 233 g/mol. The molecule has 0 amide bonds. The molecule has 88 valence electrons. The molecule has 0 unspecified atom stereocenters. The maximum Gasteiger partial charge on any atom is 0.361 e. The van der Waals surface area contributed by atoms with Crippen LogP contribution in [-0.2, 0) is 13.6 Å². The lowest BCUT2D eigenvalue weighted by atomic mass is 10.2. The molecule has 1 rings (SSSR count). The van der Waals surface area contributed by atoms with Crippen LogP contribution in [0.25, 0.3) is 0 Å². The maximum atomic E-state index is 12.1. The van der Waals surface area contributed by atoms with E-state index in [9.17, 15) is 14.7 Å². The van der Waals surface area contributed by atoms with Crippen LogP contribution in [0, 0.1) is 17.0 Å². The summed E-state index contributed by atoms with van der Waals surface area (Å²) >= 11 is 0. The molecule has 0 bridgehead atoms. The van der Waals surface area contributed by atoms with Gasteiger partial charge in [-0.3, -0.25) is 14.7 Å². The zero-order valence-corrected chi connectivity index (χ0v) is 10.1. The Morgan fingerprint density at radius 1 is 1.31 bits per heavy atom. The molecule has 0 heterocycles. The van der Waals surface area contributed by atoms with Crippen molar-refractivity contribution in [3.63, 3.8) is 0 Å². The van der Waals surface area contributed by atoms with Crippen LogP contribution in [-0.4, -0.2) is 19.1 Å². The summed E-state index contributed by atoms with van der Waals surface area (Å²) in [6, 6.07) is 4.07. The van der Waals surface area contributed by atoms with E-state index in [2.05, 4.69) is 0 Å². The Balaban J connectivity index is 3.37. The predicted octanol–water partition coefficient (Wildman–Crippen LogP) is 2.01. The zero-order valence-electron chi connectivity index (χ0n) is 9.17. The van der Waals surface area contributed by atoms with E-state index in [1.807, 2.05) is 0 Å². The van der Waals surface area contributed by atoms with Crippen molar-refractivity contribution in [3.05, 3.63) is 33.9 Å². The van der Waals surface area contributed by atoms with Gasteiger partial charge in [0.15, 0.2) is 0 Å². The van der Waals surface area contributed by atoms with Crippen LogP contribution in [0.15, 0.2) is 18.2 Å². The SMILES string of the molecule is COP(=O)(OC)c1cc([N+](=O)[O-])ccc1C. The second-order valence-electron chi connectivity index (χ2n) is 3.09. The van der Waals surface area contributed by atoms with Gasteiger partial charge in [-0.15, -0.1) is 0 Å². The van der Waals surface area contributed by atoms with E-state index in [1.165, 1.54) is 32.4 Å². The van der Waals surface area contributed by atoms with Crippen molar-refractivity contribution in [1.29, 1.82) is 0 Å². The topological polar surface area (TPSA) is 78.7 Å². The standard InChI is InChI=1S/C9H12NO5P/c1-7-4-5-8(10(11)12)6-9(7)16(13,14-2)15-3/h4-6H,1-3H3. The van der Waals surface area contributed by atoms with Crippen molar-refractivity contribution < 1.29 is 18.5 Å². The van der Waals surface area contributed by atoms with Gasteiger partial charge >= 0.3 is 7.60 Å². The first-order valence-corrected chi connectivity index (χ1v) is 5.96. The third kappa shape index (κ3) is 2.29. The molecule has 1 aromatic rings. The first-order chi connectivity index (χ1) is 7.44. The van der Waals surface area contributed by atoms with Crippen LogP contribution in [0.3, 0.4) is 0 Å². The van der Waals surface area contributed by atoms with Crippen molar-refractivity contribution in [2.75, 3.05) is 14.2 Å². The molecule has 0 radical (unpaired) electrons. The molecule has 0 N–H and O–H groups in total. The molecule has 0 fully saturated rings. The van der Waals surface area contributed by atoms with Gasteiger partial charge in [-0.25, -0.2) is 0 Å². The van der Waals surface area contributed by atoms with Crippen LogP contribution in [0.5, 0.6) is 0 Å². The molecule has 0 spiro atoms. The van der Waals surface area contributed by atoms with Crippen LogP contribution < -0.4 is 5.30 Å². The van der Waals surface area contributed by atoms with Crippen LogP contribution in [0.2, 0.25) is 0 Å². The fourth-order valence-electron chi connectivity index (χ4n) is 1.28. The fraction of sp³-hybridized carbons (Fsp3) is 0.333. The Morgan fingerprint density at radius 2 is 1.88 bits per heavy atom. The largest absolute Gasteiger partial charge is 0.361 e. The van der Waals surface area contributed by atoms with Crippen LogP contribution in [0.4, 0.5) is 5.69 Å². The van der Waals surface area contributed by atoms with Gasteiger partial charge in [0.1, 0.15) is 0 Å². The number of non-ortho nitro benzene ring substituents is 1. The number of benzene rings is 1. The minimum absolute atomic E-state index is 0.144. The number of hydrogen-bond donors (Lipinski definition) is 0. The molecular formula is C9H12NO5P. The van der Waals surface area contributed by atoms with Crippen LogP contribution >= 0.6 is 7.60 Å². The van der Waals surface area contributed by atoms with Gasteiger partial charge in [0, 0.05) is 26.4 Å². The molecule has 0 aliphatic carbocycles. The maximum absolute atomic E-state index is 12.1. The average molecular weight is 245 g/mol. The van der Waals surface area contributed by atoms with Gasteiger partial charge in [-0.1, -0.05) is 6.07 Å². The predicted molar refractivity (Wildman–Crippen MR) is 59.1 cm³/mol. The lowest BCUT2D eigenvalue weighted by Gasteiger charge is -2.15. The summed E-state index contributed by atoms with van der Waals surface area (Å²) in [5, 5.41) is 10.8. The summed E-state index contributed by atoms with van der Waals surface area (Å²) in [5.41, 5.74) is 0.479. The summed E-state index contributed by atoms with van der Waals surface area (Å²) in [7, 11) is -0.965. The smallest absolute Gasteiger partial charge is 0.309 e. The van der Waals surface area contributed by atoms with Gasteiger partial charge in [0.2, 0.25) is 0 Å². The van der Waals surface area contributed by atoms with E-state index in [4.69, 9.17) is 9.05 Å². The zero-order chi connectivity index (χ0) is 12.3. The molecule has 0 saturated heterocycles. The molecule has 0 aromatic heterocycles. The first kappa shape index (κ1) is 12.8. The Kier molecular flexibility index (Phi) is 3.80. The highest BCUT2D eigenvalue weighted by Crippen LogP contribution is 2.46. The lowest BCUT2D eigenvalue weighted by molar-refractivity contribution is -0.384. The van der Waals surface area contributed by atoms with Gasteiger partial charge in [-0.05, 0) is 12.5 Å². The number of nitro benzene ring substituents is 1. The van der Waals surface area contributed by atoms with Gasteiger partial charge in [0.25, 0.3) is 5.69 Å². The normalized spacial score (nSPS) is 11.4. The van der Waals surface area contributed by atoms with Crippen molar-refractivity contribution in [1.82, 2.24) is 0 Å². The van der Waals surface area contributed by atoms with Crippen molar-refractivity contribution >= 4 is 18.6 Å². The van der Waals surface area contributed by atoms with Crippen molar-refractivity contribution in [2.45, 2.75) is 6.92 Å². The molecule has 7 heteroatoms. The monoisotopic (exact) mass is 245 g/mol. The summed E-state index contributed by atoms with van der Waals surface area (Å²) in [6.45, 7) is 1.68. The Labute approximate surface area is 92.9 Å². The van der Waals surface area contributed by atoms with Gasteiger partial charge in [-0.2, -0.15) is 0 Å². The Bertz CT molecular complexity index is 451. The average Bonchev–Trinajstić information content (AvgIpc) is 2.28. The third-order valence-corrected chi connectivity index (χ3v) is 4.21. The quantitative estimate of drug-likeness (QED) is 0.460. The number of rotatable bonds is 4. The Hall–Kier alpha value is -1.23. The van der Waals surface area contributed by atoms with E-state index in [0.29, 0.717) is 5.56 Å². The Morgan fingerprint density at radius 3 is 2.31 bits per heavy atom. The number of nitrogens with zero attached hydrogens (tertiary/aromatic N) is 1. The van der Waals surface area contributed by atoms with Crippen molar-refractivity contribution in [3.8, 4) is 0 Å². The summed E-state index contributed by atoms with van der Waals surface area (Å²) in [5.74, 6) is 0. The molecule has 16 heavy (non-hydrogen) atoms. The van der Waals surface area contributed by atoms with Gasteiger partial charge in [0.05, 0.1) is 10.2 Å². The highest BCUT2D eigenvalue weighted by Gasteiger charge is 2.28.